The number of anilines is 1. The molecule has 0 atom stereocenters. The van der Waals surface area contributed by atoms with Crippen LogP contribution in [0.1, 0.15) is 31.5 Å². The first-order chi connectivity index (χ1) is 13.5. The number of carbonyl (C=O) groups is 2. The van der Waals surface area contributed by atoms with Crippen LogP contribution in [0.5, 0.6) is 0 Å². The zero-order valence-corrected chi connectivity index (χ0v) is 16.8. The molecule has 3 aromatic heterocycles. The predicted octanol–water partition coefficient (Wildman–Crippen LogP) is 4.40. The number of hydrogen-bond donors (Lipinski definition) is 1. The summed E-state index contributed by atoms with van der Waals surface area (Å²) in [6, 6.07) is 8.78. The van der Waals surface area contributed by atoms with Gasteiger partial charge in [-0.15, -0.1) is 11.3 Å². The lowest BCUT2D eigenvalue weighted by molar-refractivity contribution is 0.102. The smallest absolute Gasteiger partial charge is 0.267 e. The zero-order valence-electron chi connectivity index (χ0n) is 15.2. The summed E-state index contributed by atoms with van der Waals surface area (Å²) in [7, 11) is 1.77. The molecule has 1 amide bonds. The molecule has 0 fully saturated rings. The molecule has 0 spiro atoms. The van der Waals surface area contributed by atoms with Gasteiger partial charge in [-0.2, -0.15) is 11.3 Å². The number of ketones is 1. The Labute approximate surface area is 169 Å². The molecule has 28 heavy (non-hydrogen) atoms. The highest BCUT2D eigenvalue weighted by molar-refractivity contribution is 7.17. The summed E-state index contributed by atoms with van der Waals surface area (Å²) < 4.78 is 1.68. The van der Waals surface area contributed by atoms with E-state index in [0.29, 0.717) is 27.6 Å². The van der Waals surface area contributed by atoms with E-state index in [1.54, 1.807) is 59.6 Å². The number of thiazole rings is 1. The van der Waals surface area contributed by atoms with Gasteiger partial charge in [-0.05, 0) is 42.6 Å². The van der Waals surface area contributed by atoms with Gasteiger partial charge in [0, 0.05) is 41.6 Å². The van der Waals surface area contributed by atoms with Crippen molar-refractivity contribution in [2.45, 2.75) is 6.92 Å². The van der Waals surface area contributed by atoms with Gasteiger partial charge in [0.15, 0.2) is 5.82 Å². The van der Waals surface area contributed by atoms with Crippen molar-refractivity contribution >= 4 is 40.1 Å². The minimum atomic E-state index is -0.209. The maximum Gasteiger partial charge on any atom is 0.267 e. The Morgan fingerprint density at radius 2 is 1.93 bits per heavy atom. The van der Waals surface area contributed by atoms with Gasteiger partial charge in [-0.1, -0.05) is 0 Å². The van der Waals surface area contributed by atoms with Gasteiger partial charge in [0.1, 0.15) is 9.88 Å². The van der Waals surface area contributed by atoms with Crippen LogP contribution < -0.4 is 5.32 Å². The fourth-order valence-electron chi connectivity index (χ4n) is 2.72. The van der Waals surface area contributed by atoms with E-state index < -0.39 is 0 Å². The van der Waals surface area contributed by atoms with E-state index in [0.717, 1.165) is 10.6 Å². The second kappa shape index (κ2) is 7.49. The highest BCUT2D eigenvalue weighted by Gasteiger charge is 2.17. The van der Waals surface area contributed by atoms with Crippen molar-refractivity contribution in [3.63, 3.8) is 0 Å². The van der Waals surface area contributed by atoms with Crippen molar-refractivity contribution in [2.75, 3.05) is 5.32 Å². The van der Waals surface area contributed by atoms with Crippen molar-refractivity contribution in [3.8, 4) is 10.6 Å². The number of aryl methyl sites for hydroxylation is 2. The Balaban J connectivity index is 1.50. The number of nitrogens with zero attached hydrogens (tertiary/aromatic N) is 3. The lowest BCUT2D eigenvalue weighted by Gasteiger charge is -2.06. The van der Waals surface area contributed by atoms with Gasteiger partial charge >= 0.3 is 0 Å². The maximum absolute atomic E-state index is 12.6. The summed E-state index contributed by atoms with van der Waals surface area (Å²) in [5.74, 6) is 0.00164. The minimum Gasteiger partial charge on any atom is -0.331 e. The second-order valence-corrected chi connectivity index (χ2v) is 7.95. The number of hydrogen-bond acceptors (Lipinski definition) is 6. The van der Waals surface area contributed by atoms with Gasteiger partial charge < -0.3 is 9.88 Å². The molecule has 0 unspecified atom stereocenters. The second-order valence-electron chi connectivity index (χ2n) is 6.17. The van der Waals surface area contributed by atoms with Gasteiger partial charge in [-0.3, -0.25) is 9.59 Å². The van der Waals surface area contributed by atoms with Crippen LogP contribution in [0.4, 0.5) is 5.69 Å². The van der Waals surface area contributed by atoms with E-state index in [1.807, 2.05) is 23.8 Å². The third kappa shape index (κ3) is 3.51. The molecule has 0 bridgehead atoms. The monoisotopic (exact) mass is 408 g/mol. The first kappa shape index (κ1) is 18.3. The normalized spacial score (nSPS) is 10.8. The molecule has 140 valence electrons. The molecule has 0 radical (unpaired) electrons. The molecule has 0 aliphatic carbocycles. The molecule has 6 nitrogen and oxygen atoms in total. The molecule has 0 saturated carbocycles. The lowest BCUT2D eigenvalue weighted by atomic mass is 10.1. The van der Waals surface area contributed by atoms with Crippen LogP contribution in [0.3, 0.4) is 0 Å². The number of imidazole rings is 1. The topological polar surface area (TPSA) is 76.9 Å². The Bertz CT molecular complexity index is 1140. The number of aromatic nitrogens is 3. The third-order valence-electron chi connectivity index (χ3n) is 4.20. The molecular formula is C20H16N4O2S2. The van der Waals surface area contributed by atoms with Gasteiger partial charge in [0.25, 0.3) is 5.91 Å². The molecule has 0 aliphatic rings. The molecule has 0 aliphatic heterocycles. The fourth-order valence-corrected chi connectivity index (χ4v) is 4.40. The quantitative estimate of drug-likeness (QED) is 0.497. The van der Waals surface area contributed by atoms with E-state index in [-0.39, 0.29) is 11.7 Å². The van der Waals surface area contributed by atoms with Crippen LogP contribution in [0, 0.1) is 6.92 Å². The molecule has 1 aromatic carbocycles. The Kier molecular flexibility index (Phi) is 4.89. The van der Waals surface area contributed by atoms with E-state index >= 15 is 0 Å². The van der Waals surface area contributed by atoms with Gasteiger partial charge in [0.05, 0.1) is 5.69 Å². The minimum absolute atomic E-state index is 0.163. The number of rotatable bonds is 5. The van der Waals surface area contributed by atoms with Crippen LogP contribution in [0.2, 0.25) is 0 Å². The zero-order chi connectivity index (χ0) is 19.7. The van der Waals surface area contributed by atoms with Crippen molar-refractivity contribution in [1.29, 1.82) is 0 Å². The van der Waals surface area contributed by atoms with Crippen LogP contribution >= 0.6 is 22.7 Å². The third-order valence-corrected chi connectivity index (χ3v) is 6.09. The standard InChI is InChI=1S/C20H16N4O2S2/c1-12-17(28-20(22-12)14-7-10-27-11-14)19(26)23-15-5-3-13(4-6-15)16(25)18-21-8-9-24(18)2/h3-11H,1-2H3,(H,23,26). The van der Waals surface area contributed by atoms with Crippen molar-refractivity contribution < 1.29 is 9.59 Å². The Morgan fingerprint density at radius 1 is 1.14 bits per heavy atom. The average molecular weight is 409 g/mol. The highest BCUT2D eigenvalue weighted by Crippen LogP contribution is 2.30. The first-order valence-electron chi connectivity index (χ1n) is 8.46. The van der Waals surface area contributed by atoms with Crippen LogP contribution in [-0.4, -0.2) is 26.2 Å². The SMILES string of the molecule is Cc1nc(-c2ccsc2)sc1C(=O)Nc1ccc(C(=O)c2nccn2C)cc1. The Morgan fingerprint density at radius 3 is 2.57 bits per heavy atom. The summed E-state index contributed by atoms with van der Waals surface area (Å²) in [5.41, 5.74) is 2.85. The van der Waals surface area contributed by atoms with E-state index in [2.05, 4.69) is 15.3 Å². The number of benzene rings is 1. The largest absolute Gasteiger partial charge is 0.331 e. The number of carbonyl (C=O) groups excluding carboxylic acids is 2. The van der Waals surface area contributed by atoms with E-state index in [4.69, 9.17) is 0 Å². The first-order valence-corrected chi connectivity index (χ1v) is 10.2. The molecule has 0 saturated heterocycles. The summed E-state index contributed by atoms with van der Waals surface area (Å²) in [5, 5.41) is 7.70. The summed E-state index contributed by atoms with van der Waals surface area (Å²) in [6.45, 7) is 1.83. The van der Waals surface area contributed by atoms with Crippen molar-refractivity contribution in [3.05, 3.63) is 75.4 Å². The number of thiophene rings is 1. The molecule has 8 heteroatoms. The molecule has 3 heterocycles. The molecular weight excluding hydrogens is 392 g/mol. The van der Waals surface area contributed by atoms with E-state index in [9.17, 15) is 9.59 Å². The lowest BCUT2D eigenvalue weighted by Crippen LogP contribution is -2.12. The number of nitrogens with one attached hydrogen (secondary N) is 1. The molecule has 4 aromatic rings. The van der Waals surface area contributed by atoms with Crippen molar-refractivity contribution in [1.82, 2.24) is 14.5 Å². The Hall–Kier alpha value is -3.10. The van der Waals surface area contributed by atoms with Gasteiger partial charge in [-0.25, -0.2) is 9.97 Å². The summed E-state index contributed by atoms with van der Waals surface area (Å²) in [6.07, 6.45) is 3.31. The van der Waals surface area contributed by atoms with Crippen LogP contribution in [0.15, 0.2) is 53.5 Å². The van der Waals surface area contributed by atoms with Gasteiger partial charge in [0.2, 0.25) is 5.78 Å². The van der Waals surface area contributed by atoms with E-state index in [1.165, 1.54) is 11.3 Å². The van der Waals surface area contributed by atoms with Crippen LogP contribution in [0.25, 0.3) is 10.6 Å². The van der Waals surface area contributed by atoms with Crippen molar-refractivity contribution in [2.24, 2.45) is 7.05 Å². The molecule has 1 N–H and O–H groups in total. The average Bonchev–Trinajstić information content (AvgIpc) is 3.42. The summed E-state index contributed by atoms with van der Waals surface area (Å²) >= 11 is 2.97. The number of amides is 1. The predicted molar refractivity (Wildman–Crippen MR) is 111 cm³/mol. The summed E-state index contributed by atoms with van der Waals surface area (Å²) in [4.78, 5) is 34.3. The van der Waals surface area contributed by atoms with Crippen LogP contribution in [-0.2, 0) is 7.05 Å². The highest BCUT2D eigenvalue weighted by atomic mass is 32.1. The fraction of sp³-hybridized carbons (Fsp3) is 0.100. The molecule has 4 rings (SSSR count). The maximum atomic E-state index is 12.6.